The van der Waals surface area contributed by atoms with Crippen molar-refractivity contribution >= 4 is 0 Å². The zero-order chi connectivity index (χ0) is 10.2. The van der Waals surface area contributed by atoms with E-state index >= 15 is 0 Å². The summed E-state index contributed by atoms with van der Waals surface area (Å²) in [5.74, 6) is 0. The minimum absolute atomic E-state index is 0. The molecule has 0 bridgehead atoms. The molecule has 2 N–H and O–H groups in total. The molecule has 0 spiro atoms. The van der Waals surface area contributed by atoms with E-state index in [1.807, 2.05) is 0 Å². The van der Waals surface area contributed by atoms with Crippen LogP contribution in [-0.2, 0) is 26.5 Å². The van der Waals surface area contributed by atoms with E-state index in [1.165, 1.54) is 0 Å². The van der Waals surface area contributed by atoms with Crippen LogP contribution in [-0.4, -0.2) is 37.6 Å². The molecule has 0 saturated heterocycles. The number of unbranched alkanes of at least 4 members (excludes halogenated alkanes) is 1. The summed E-state index contributed by atoms with van der Waals surface area (Å²) in [5, 5.41) is 14.0. The first-order valence-electron chi connectivity index (χ1n) is 3.79. The quantitative estimate of drug-likeness (QED) is 0.318. The fraction of sp³-hybridized carbons (Fsp3) is 0.667. The predicted octanol–water partition coefficient (Wildman–Crippen LogP) is 1.02. The Kier molecular flexibility index (Phi) is 70.7. The normalized spacial score (nSPS) is 6.54. The van der Waals surface area contributed by atoms with E-state index < -0.39 is 0 Å². The number of aliphatic hydroxyl groups excluding tert-OH is 2. The molecule has 4 heteroatoms. The first-order chi connectivity index (χ1) is 5.91. The van der Waals surface area contributed by atoms with Gasteiger partial charge in [-0.1, -0.05) is 12.5 Å². The second kappa shape index (κ2) is 39.5. The van der Waals surface area contributed by atoms with Gasteiger partial charge in [0.1, 0.15) is 0 Å². The zero-order valence-electron chi connectivity index (χ0n) is 8.62. The van der Waals surface area contributed by atoms with Gasteiger partial charge in [0.05, 0.1) is 6.61 Å². The van der Waals surface area contributed by atoms with E-state index in [0.29, 0.717) is 6.61 Å². The summed E-state index contributed by atoms with van der Waals surface area (Å²) in [6.07, 6.45) is 3.76. The Hall–Kier alpha value is 0.334. The third-order valence-electron chi connectivity index (χ3n) is 0.774. The Morgan fingerprint density at radius 3 is 2.08 bits per heavy atom. The number of hydrogen-bond acceptors (Lipinski definition) is 3. The van der Waals surface area contributed by atoms with Crippen molar-refractivity contribution in [1.82, 2.24) is 0 Å². The Morgan fingerprint density at radius 1 is 1.31 bits per heavy atom. The largest absolute Gasteiger partial charge is 0.400 e. The molecule has 0 fully saturated rings. The maximum Gasteiger partial charge on any atom is 0.0644 e. The molecule has 0 saturated carbocycles. The van der Waals surface area contributed by atoms with Crippen LogP contribution in [0.3, 0.4) is 0 Å². The van der Waals surface area contributed by atoms with Crippen LogP contribution in [0.25, 0.3) is 0 Å². The van der Waals surface area contributed by atoms with Gasteiger partial charge in [0.15, 0.2) is 0 Å². The molecule has 0 aromatic rings. The Bertz CT molecular complexity index is 60.8. The average Bonchev–Trinajstić information content (AvgIpc) is 2.19. The SMILES string of the molecule is C=CCOCCC[CH2-].CO.CO.[Ti]. The number of hydrogen-bond donors (Lipinski definition) is 2. The van der Waals surface area contributed by atoms with Gasteiger partial charge in [-0.15, -0.1) is 6.58 Å². The molecule has 80 valence electrons. The first kappa shape index (κ1) is 23.3. The molecule has 0 heterocycles. The summed E-state index contributed by atoms with van der Waals surface area (Å²) in [7, 11) is 2.00. The van der Waals surface area contributed by atoms with Crippen molar-refractivity contribution in [2.75, 3.05) is 27.4 Å². The molecule has 0 unspecified atom stereocenters. The molecular formula is C9H21O3Ti-. The molecule has 3 nitrogen and oxygen atoms in total. The molecular weight excluding hydrogens is 204 g/mol. The molecule has 0 aliphatic rings. The zero-order valence-corrected chi connectivity index (χ0v) is 10.2. The van der Waals surface area contributed by atoms with Crippen LogP contribution in [0.15, 0.2) is 12.7 Å². The first-order valence-corrected chi connectivity index (χ1v) is 3.79. The van der Waals surface area contributed by atoms with Crippen LogP contribution < -0.4 is 0 Å². The van der Waals surface area contributed by atoms with Crippen LogP contribution in [0, 0.1) is 6.92 Å². The van der Waals surface area contributed by atoms with Crippen LogP contribution in [0.2, 0.25) is 0 Å². The molecule has 0 aromatic heterocycles. The van der Waals surface area contributed by atoms with Gasteiger partial charge in [0.2, 0.25) is 0 Å². The van der Waals surface area contributed by atoms with Crippen LogP contribution in [0.1, 0.15) is 12.8 Å². The fourth-order valence-electron chi connectivity index (χ4n) is 0.371. The van der Waals surface area contributed by atoms with E-state index in [9.17, 15) is 0 Å². The smallest absolute Gasteiger partial charge is 0.0644 e. The maximum atomic E-state index is 7.00. The van der Waals surface area contributed by atoms with Crippen molar-refractivity contribution in [1.29, 1.82) is 0 Å². The third-order valence-corrected chi connectivity index (χ3v) is 0.774. The van der Waals surface area contributed by atoms with E-state index in [-0.39, 0.29) is 21.7 Å². The van der Waals surface area contributed by atoms with Gasteiger partial charge in [-0.2, -0.15) is 6.42 Å². The van der Waals surface area contributed by atoms with E-state index in [2.05, 4.69) is 13.5 Å². The summed E-state index contributed by atoms with van der Waals surface area (Å²) < 4.78 is 5.07. The van der Waals surface area contributed by atoms with Crippen LogP contribution >= 0.6 is 0 Å². The number of aliphatic hydroxyl groups is 2. The van der Waals surface area contributed by atoms with E-state index in [1.54, 1.807) is 6.08 Å². The summed E-state index contributed by atoms with van der Waals surface area (Å²) in [4.78, 5) is 0. The number of rotatable bonds is 5. The second-order valence-corrected chi connectivity index (χ2v) is 1.57. The summed E-state index contributed by atoms with van der Waals surface area (Å²) in [6.45, 7) is 8.68. The summed E-state index contributed by atoms with van der Waals surface area (Å²) in [5.41, 5.74) is 0. The molecule has 0 atom stereocenters. The summed E-state index contributed by atoms with van der Waals surface area (Å²) in [6, 6.07) is 0. The molecule has 0 aromatic carbocycles. The molecule has 0 rings (SSSR count). The fourth-order valence-corrected chi connectivity index (χ4v) is 0.371. The van der Waals surface area contributed by atoms with Crippen molar-refractivity contribution in [3.8, 4) is 0 Å². The van der Waals surface area contributed by atoms with Crippen molar-refractivity contribution in [3.63, 3.8) is 0 Å². The Labute approximate surface area is 96.7 Å². The van der Waals surface area contributed by atoms with Gasteiger partial charge < -0.3 is 21.9 Å². The molecule has 0 radical (unpaired) electrons. The minimum atomic E-state index is 0. The third kappa shape index (κ3) is 46.3. The summed E-state index contributed by atoms with van der Waals surface area (Å²) >= 11 is 0. The maximum absolute atomic E-state index is 7.00. The van der Waals surface area contributed by atoms with E-state index in [0.717, 1.165) is 33.7 Å². The van der Waals surface area contributed by atoms with Gasteiger partial charge in [0.25, 0.3) is 0 Å². The van der Waals surface area contributed by atoms with Gasteiger partial charge in [-0.05, 0) is 0 Å². The Balaban J connectivity index is -0.0000000712. The van der Waals surface area contributed by atoms with Gasteiger partial charge in [-0.25, -0.2) is 0 Å². The molecule has 13 heavy (non-hydrogen) atoms. The standard InChI is InChI=1S/C7H13O.2CH4O.Ti/c1-3-5-7-8-6-4-2;2*1-2;/h4H,1-3,5-7H2;2*2H,1H3;/q-1;;;. The van der Waals surface area contributed by atoms with E-state index in [4.69, 9.17) is 14.9 Å². The van der Waals surface area contributed by atoms with Crippen molar-refractivity contribution in [3.05, 3.63) is 19.6 Å². The van der Waals surface area contributed by atoms with Crippen molar-refractivity contribution in [2.45, 2.75) is 12.8 Å². The van der Waals surface area contributed by atoms with Crippen LogP contribution in [0.5, 0.6) is 0 Å². The topological polar surface area (TPSA) is 49.7 Å². The monoisotopic (exact) mass is 225 g/mol. The average molecular weight is 225 g/mol. The van der Waals surface area contributed by atoms with Gasteiger partial charge >= 0.3 is 0 Å². The Morgan fingerprint density at radius 2 is 1.77 bits per heavy atom. The second-order valence-electron chi connectivity index (χ2n) is 1.57. The molecule has 0 aliphatic carbocycles. The number of ether oxygens (including phenoxy) is 1. The van der Waals surface area contributed by atoms with Gasteiger partial charge in [-0.3, -0.25) is 0 Å². The van der Waals surface area contributed by atoms with Crippen molar-refractivity contribution in [2.24, 2.45) is 0 Å². The van der Waals surface area contributed by atoms with Gasteiger partial charge in [0, 0.05) is 42.5 Å². The van der Waals surface area contributed by atoms with Crippen LogP contribution in [0.4, 0.5) is 0 Å². The minimum Gasteiger partial charge on any atom is -0.400 e. The van der Waals surface area contributed by atoms with Crippen molar-refractivity contribution < 1.29 is 36.7 Å². The molecule has 0 aliphatic heterocycles. The predicted molar refractivity (Wildman–Crippen MR) is 51.9 cm³/mol. The molecule has 0 amide bonds.